The van der Waals surface area contributed by atoms with Crippen LogP contribution in [0.25, 0.3) is 44.4 Å². The number of aromatic amines is 2. The predicted molar refractivity (Wildman–Crippen MR) is 183 cm³/mol. The van der Waals surface area contributed by atoms with Crippen LogP contribution >= 0.6 is 0 Å². The van der Waals surface area contributed by atoms with Crippen molar-refractivity contribution in [3.05, 3.63) is 69.3 Å². The number of carbonyl (C=O) groups is 2. The van der Waals surface area contributed by atoms with E-state index in [0.717, 1.165) is 44.4 Å². The van der Waals surface area contributed by atoms with Crippen LogP contribution in [0.3, 0.4) is 0 Å². The van der Waals surface area contributed by atoms with Crippen LogP contribution in [0, 0.1) is 13.8 Å². The summed E-state index contributed by atoms with van der Waals surface area (Å²) in [6.07, 6.45) is -1.16. The van der Waals surface area contributed by atoms with E-state index in [2.05, 4.69) is 9.97 Å². The Morgan fingerprint density at radius 2 is 1.19 bits per heavy atom. The standard InChI is InChI=1S/C34H38N4O6.C2H6O/c1-15-21(7-9-31(41)42)27-14-28-22(8-10-32(43)44)16(2)24(36-28)12-29-34(20(6)40)18(4)26(38-29)13-30-33(19(5)39)17(3)25(37-30)11-23(15)35-27;1-2-3/h11-14,19-20,35,38-40H,7-10H2,1-6H3,(H,41,42)(H,43,44);3H,2H2,1H3. The highest BCUT2D eigenvalue weighted by Gasteiger charge is 2.23. The third kappa shape index (κ3) is 7.38. The quantitative estimate of drug-likeness (QED) is 0.152. The summed E-state index contributed by atoms with van der Waals surface area (Å²) in [5.41, 5.74) is 11.7. The van der Waals surface area contributed by atoms with Gasteiger partial charge in [-0.25, -0.2) is 9.97 Å². The maximum absolute atomic E-state index is 11.6. The summed E-state index contributed by atoms with van der Waals surface area (Å²) in [5, 5.41) is 48.1. The number of aliphatic hydroxyl groups excluding tert-OH is 3. The van der Waals surface area contributed by atoms with Crippen LogP contribution in [0.5, 0.6) is 0 Å². The Morgan fingerprint density at radius 1 is 0.702 bits per heavy atom. The van der Waals surface area contributed by atoms with Crippen molar-refractivity contribution in [3.8, 4) is 0 Å². The van der Waals surface area contributed by atoms with Crippen LogP contribution in [0.15, 0.2) is 24.3 Å². The zero-order valence-electron chi connectivity index (χ0n) is 27.9. The molecule has 5 heterocycles. The summed E-state index contributed by atoms with van der Waals surface area (Å²) >= 11 is 0. The lowest BCUT2D eigenvalue weighted by Gasteiger charge is -2.07. The Hall–Kier alpha value is -4.58. The molecule has 0 saturated carbocycles. The molecule has 8 bridgehead atoms. The molecule has 0 aliphatic carbocycles. The highest BCUT2D eigenvalue weighted by molar-refractivity contribution is 5.96. The Labute approximate surface area is 273 Å². The third-order valence-corrected chi connectivity index (χ3v) is 8.65. The molecule has 0 amide bonds. The molecule has 5 rings (SSSR count). The molecule has 11 nitrogen and oxygen atoms in total. The molecule has 0 fully saturated rings. The lowest BCUT2D eigenvalue weighted by Crippen LogP contribution is -2.02. The molecule has 0 spiro atoms. The van der Waals surface area contributed by atoms with E-state index in [1.807, 2.05) is 52.0 Å². The van der Waals surface area contributed by atoms with Gasteiger partial charge >= 0.3 is 11.9 Å². The van der Waals surface area contributed by atoms with Gasteiger partial charge in [0, 0.05) is 52.7 Å². The van der Waals surface area contributed by atoms with E-state index in [9.17, 15) is 30.0 Å². The molecule has 7 N–H and O–H groups in total. The van der Waals surface area contributed by atoms with Gasteiger partial charge in [0.15, 0.2) is 0 Å². The molecule has 0 saturated heterocycles. The topological polar surface area (TPSA) is 193 Å². The summed E-state index contributed by atoms with van der Waals surface area (Å²) in [5.74, 6) is -1.83. The van der Waals surface area contributed by atoms with Crippen LogP contribution in [0.4, 0.5) is 0 Å². The number of nitrogens with zero attached hydrogens (tertiary/aromatic N) is 2. The lowest BCUT2D eigenvalue weighted by molar-refractivity contribution is -0.137. The molecule has 11 heteroatoms. The van der Waals surface area contributed by atoms with Crippen molar-refractivity contribution in [2.75, 3.05) is 6.61 Å². The zero-order chi connectivity index (χ0) is 34.7. The minimum atomic E-state index is -0.917. The molecule has 47 heavy (non-hydrogen) atoms. The highest BCUT2D eigenvalue weighted by Crippen LogP contribution is 2.37. The molecule has 2 unspecified atom stereocenters. The number of carboxylic acid groups (broad SMARTS) is 2. The minimum absolute atomic E-state index is 0.0628. The second kappa shape index (κ2) is 14.5. The van der Waals surface area contributed by atoms with E-state index in [4.69, 9.17) is 15.1 Å². The number of aliphatic carboxylic acids is 2. The summed E-state index contributed by atoms with van der Waals surface area (Å²) in [6.45, 7) is 13.0. The van der Waals surface area contributed by atoms with E-state index in [-0.39, 0.29) is 32.3 Å². The van der Waals surface area contributed by atoms with Crippen molar-refractivity contribution >= 4 is 56.3 Å². The summed E-state index contributed by atoms with van der Waals surface area (Å²) in [6, 6.07) is 7.51. The van der Waals surface area contributed by atoms with Crippen LogP contribution in [-0.2, 0) is 16.0 Å². The molecule has 2 atom stereocenters. The molecule has 3 aromatic heterocycles. The van der Waals surface area contributed by atoms with Crippen molar-refractivity contribution in [2.24, 2.45) is 0 Å². The van der Waals surface area contributed by atoms with Gasteiger partial charge in [0.1, 0.15) is 0 Å². The number of rotatable bonds is 8. The molecule has 250 valence electrons. The van der Waals surface area contributed by atoms with Gasteiger partial charge in [0.05, 0.1) is 35.0 Å². The fourth-order valence-electron chi connectivity index (χ4n) is 6.31. The fourth-order valence-corrected chi connectivity index (χ4v) is 6.31. The second-order valence-corrected chi connectivity index (χ2v) is 12.0. The summed E-state index contributed by atoms with van der Waals surface area (Å²) in [4.78, 5) is 39.8. The first-order valence-corrected chi connectivity index (χ1v) is 15.7. The van der Waals surface area contributed by atoms with E-state index >= 15 is 0 Å². The first-order valence-electron chi connectivity index (χ1n) is 15.7. The smallest absolute Gasteiger partial charge is 0.303 e. The van der Waals surface area contributed by atoms with Crippen molar-refractivity contribution < 1.29 is 35.1 Å². The van der Waals surface area contributed by atoms with Gasteiger partial charge in [0.25, 0.3) is 0 Å². The molecular formula is C36H44N4O7. The van der Waals surface area contributed by atoms with Crippen molar-refractivity contribution in [2.45, 2.75) is 86.4 Å². The van der Waals surface area contributed by atoms with Crippen molar-refractivity contribution in [1.29, 1.82) is 0 Å². The number of H-pyrrole nitrogens is 2. The third-order valence-electron chi connectivity index (χ3n) is 8.65. The number of aliphatic hydroxyl groups is 3. The Morgan fingerprint density at radius 3 is 1.79 bits per heavy atom. The van der Waals surface area contributed by atoms with Gasteiger partial charge < -0.3 is 35.5 Å². The zero-order valence-corrected chi connectivity index (χ0v) is 27.9. The highest BCUT2D eigenvalue weighted by atomic mass is 16.4. The maximum Gasteiger partial charge on any atom is 0.303 e. The first kappa shape index (κ1) is 35.3. The Kier molecular flexibility index (Phi) is 10.9. The number of aromatic nitrogens is 4. The average Bonchev–Trinajstić information content (AvgIpc) is 3.64. The Balaban J connectivity index is 0.00000160. The van der Waals surface area contributed by atoms with E-state index in [1.165, 1.54) is 0 Å². The van der Waals surface area contributed by atoms with E-state index < -0.39 is 24.1 Å². The normalized spacial score (nSPS) is 14.2. The first-order chi connectivity index (χ1) is 22.2. The van der Waals surface area contributed by atoms with Crippen LogP contribution in [0.2, 0.25) is 0 Å². The largest absolute Gasteiger partial charge is 0.481 e. The predicted octanol–water partition coefficient (Wildman–Crippen LogP) is 6.11. The fraction of sp³-hybridized carbons (Fsp3) is 0.389. The summed E-state index contributed by atoms with van der Waals surface area (Å²) < 4.78 is 0. The van der Waals surface area contributed by atoms with E-state index in [1.54, 1.807) is 20.8 Å². The number of hydrogen-bond acceptors (Lipinski definition) is 7. The Bertz CT molecular complexity index is 1940. The maximum atomic E-state index is 11.6. The number of aryl methyl sites for hydroxylation is 3. The van der Waals surface area contributed by atoms with Crippen molar-refractivity contribution in [3.63, 3.8) is 0 Å². The molecule has 3 aromatic rings. The molecular weight excluding hydrogens is 600 g/mol. The van der Waals surface area contributed by atoms with Crippen LogP contribution in [0.1, 0.15) is 105 Å². The summed E-state index contributed by atoms with van der Waals surface area (Å²) in [7, 11) is 0. The number of fused-ring (bicyclic) bond motifs is 8. The molecule has 0 aromatic carbocycles. The van der Waals surface area contributed by atoms with Crippen molar-refractivity contribution in [1.82, 2.24) is 19.9 Å². The van der Waals surface area contributed by atoms with E-state index in [0.29, 0.717) is 44.9 Å². The van der Waals surface area contributed by atoms with Crippen LogP contribution in [-0.4, -0.2) is 70.1 Å². The van der Waals surface area contributed by atoms with Gasteiger partial charge in [-0.1, -0.05) is 0 Å². The lowest BCUT2D eigenvalue weighted by atomic mass is 9.99. The van der Waals surface area contributed by atoms with Gasteiger partial charge in [-0.05, 0) is 119 Å². The molecule has 2 aliphatic heterocycles. The number of hydrogen-bond donors (Lipinski definition) is 7. The van der Waals surface area contributed by atoms with Gasteiger partial charge in [-0.15, -0.1) is 0 Å². The average molecular weight is 645 g/mol. The monoisotopic (exact) mass is 644 g/mol. The SMILES string of the molecule is CC1=C(CCC(=O)O)c2cc3[nH]c(cc4nc(cc5[nH]c(cc1n2)c(C(C)O)c5C)C(C(C)O)=C4C)c(C)c3CCC(=O)O.CCO. The number of carboxylic acids is 2. The van der Waals surface area contributed by atoms with Gasteiger partial charge in [-0.3, -0.25) is 9.59 Å². The molecule has 2 aliphatic rings. The van der Waals surface area contributed by atoms with Crippen LogP contribution < -0.4 is 0 Å². The van der Waals surface area contributed by atoms with Gasteiger partial charge in [-0.2, -0.15) is 0 Å². The minimum Gasteiger partial charge on any atom is -0.481 e. The van der Waals surface area contributed by atoms with Gasteiger partial charge in [0.2, 0.25) is 0 Å². The number of allylic oxidation sites excluding steroid dienone is 3. The second-order valence-electron chi connectivity index (χ2n) is 12.0. The number of nitrogens with one attached hydrogen (secondary N) is 2. The molecule has 0 radical (unpaired) electrons.